The zero-order valence-corrected chi connectivity index (χ0v) is 31.0. The molecule has 6 rings (SSSR count). The Balaban J connectivity index is 1.44. The number of carbonyl (C=O) groups is 2. The fraction of sp³-hybridized carbons (Fsp3) is 0.200. The molecule has 0 bridgehead atoms. The molecular formula is C35H31BrN4O7S3. The van der Waals surface area contributed by atoms with Gasteiger partial charge in [0.2, 0.25) is 0 Å². The van der Waals surface area contributed by atoms with Gasteiger partial charge in [0.25, 0.3) is 21.6 Å². The summed E-state index contributed by atoms with van der Waals surface area (Å²) in [5.74, 6) is -0.598. The number of ether oxygens (including phenoxy) is 1. The van der Waals surface area contributed by atoms with Crippen molar-refractivity contribution in [1.82, 2.24) is 4.90 Å². The number of para-hydroxylation sites is 4. The Kier molecular flexibility index (Phi) is 10.4. The molecule has 1 aliphatic rings. The maximum absolute atomic E-state index is 15.0. The van der Waals surface area contributed by atoms with Crippen molar-refractivity contribution in [3.05, 3.63) is 120 Å². The first kappa shape index (κ1) is 35.3. The molecule has 3 aromatic carbocycles. The second-order valence-electron chi connectivity index (χ2n) is 11.3. The maximum Gasteiger partial charge on any atom is 0.348 e. The number of amides is 1. The van der Waals surface area contributed by atoms with Gasteiger partial charge in [0.05, 0.1) is 27.8 Å². The van der Waals surface area contributed by atoms with E-state index in [9.17, 15) is 28.1 Å². The molecule has 0 unspecified atom stereocenters. The topological polar surface area (TPSA) is 130 Å². The molecule has 1 aliphatic heterocycles. The third kappa shape index (κ3) is 6.90. The molecule has 0 N–H and O–H groups in total. The van der Waals surface area contributed by atoms with Crippen LogP contribution >= 0.6 is 38.6 Å². The number of nitro benzene ring substituents is 1. The predicted octanol–water partition coefficient (Wildman–Crippen LogP) is 8.12. The average Bonchev–Trinajstić information content (AvgIpc) is 3.78. The SMILES string of the molecule is CCOC(=O)c1sccc1-c1cc(C)cc(S(=O)(=O)N(c2ccccc2N2CCN(C(=O)c3sccc3Br)CC2)c2ccccc2[N+](=O)[O-])c1. The van der Waals surface area contributed by atoms with Crippen molar-refractivity contribution in [2.75, 3.05) is 42.0 Å². The van der Waals surface area contributed by atoms with E-state index in [0.717, 1.165) is 8.78 Å². The molecule has 11 nitrogen and oxygen atoms in total. The number of aryl methyl sites for hydroxylation is 1. The third-order valence-electron chi connectivity index (χ3n) is 8.14. The molecule has 5 aromatic rings. The molecule has 0 aliphatic carbocycles. The van der Waals surface area contributed by atoms with Gasteiger partial charge in [-0.25, -0.2) is 17.5 Å². The zero-order chi connectivity index (χ0) is 35.6. The van der Waals surface area contributed by atoms with Gasteiger partial charge in [0.1, 0.15) is 15.4 Å². The van der Waals surface area contributed by atoms with Crippen LogP contribution in [-0.4, -0.2) is 62.9 Å². The molecule has 1 saturated heterocycles. The lowest BCUT2D eigenvalue weighted by Crippen LogP contribution is -2.49. The van der Waals surface area contributed by atoms with Gasteiger partial charge in [-0.15, -0.1) is 22.7 Å². The van der Waals surface area contributed by atoms with E-state index in [1.165, 1.54) is 53.0 Å². The number of anilines is 3. The number of esters is 1. The van der Waals surface area contributed by atoms with Gasteiger partial charge in [-0.1, -0.05) is 30.3 Å². The number of carbonyl (C=O) groups excluding carboxylic acids is 2. The fourth-order valence-electron chi connectivity index (χ4n) is 5.87. The number of rotatable bonds is 10. The van der Waals surface area contributed by atoms with E-state index in [0.29, 0.717) is 58.3 Å². The Morgan fingerprint density at radius 1 is 0.920 bits per heavy atom. The largest absolute Gasteiger partial charge is 0.462 e. The zero-order valence-electron chi connectivity index (χ0n) is 26.9. The van der Waals surface area contributed by atoms with Gasteiger partial charge in [0, 0.05) is 42.3 Å². The Labute approximate surface area is 305 Å². The molecule has 50 heavy (non-hydrogen) atoms. The summed E-state index contributed by atoms with van der Waals surface area (Å²) in [6.07, 6.45) is 0. The summed E-state index contributed by atoms with van der Waals surface area (Å²) in [6.45, 7) is 5.23. The van der Waals surface area contributed by atoms with Crippen molar-refractivity contribution < 1.29 is 27.7 Å². The highest BCUT2D eigenvalue weighted by Crippen LogP contribution is 2.44. The van der Waals surface area contributed by atoms with Gasteiger partial charge < -0.3 is 14.5 Å². The van der Waals surface area contributed by atoms with Crippen LogP contribution in [0.15, 0.2) is 99.0 Å². The summed E-state index contributed by atoms with van der Waals surface area (Å²) in [6, 6.07) is 20.9. The molecule has 2 aromatic heterocycles. The van der Waals surface area contributed by atoms with E-state index in [2.05, 4.69) is 15.9 Å². The van der Waals surface area contributed by atoms with E-state index in [4.69, 9.17) is 4.74 Å². The quantitative estimate of drug-likeness (QED) is 0.0788. The lowest BCUT2D eigenvalue weighted by atomic mass is 10.0. The highest BCUT2D eigenvalue weighted by molar-refractivity contribution is 9.10. The van der Waals surface area contributed by atoms with Crippen LogP contribution < -0.4 is 9.21 Å². The number of nitro groups is 1. The normalized spacial score (nSPS) is 13.3. The van der Waals surface area contributed by atoms with Crippen LogP contribution in [0.25, 0.3) is 11.1 Å². The monoisotopic (exact) mass is 794 g/mol. The first-order valence-electron chi connectivity index (χ1n) is 15.5. The summed E-state index contributed by atoms with van der Waals surface area (Å²) in [4.78, 5) is 42.3. The van der Waals surface area contributed by atoms with Crippen LogP contribution in [-0.2, 0) is 14.8 Å². The molecule has 0 spiro atoms. The van der Waals surface area contributed by atoms with Crippen LogP contribution in [0.5, 0.6) is 0 Å². The van der Waals surface area contributed by atoms with Crippen LogP contribution in [0.2, 0.25) is 0 Å². The van der Waals surface area contributed by atoms with Crippen LogP contribution in [0.3, 0.4) is 0 Å². The minimum absolute atomic E-state index is 0.0871. The number of sulfonamides is 1. The maximum atomic E-state index is 15.0. The van der Waals surface area contributed by atoms with Crippen molar-refractivity contribution in [2.24, 2.45) is 0 Å². The predicted molar refractivity (Wildman–Crippen MR) is 199 cm³/mol. The molecule has 3 heterocycles. The standard InChI is InChI=1S/C35H31BrN4O7S3/c1-3-47-35(42)32-26(12-18-48-32)24-20-23(2)21-25(22-24)50(45,46)39(30-10-6-7-11-31(30)40(43)44)29-9-5-4-8-28(29)37-14-16-38(17-15-37)34(41)33-27(36)13-19-49-33/h4-13,18-22H,3,14-17H2,1-2H3. The fourth-order valence-corrected chi connectivity index (χ4v) is 9.84. The highest BCUT2D eigenvalue weighted by Gasteiger charge is 2.35. The minimum Gasteiger partial charge on any atom is -0.462 e. The van der Waals surface area contributed by atoms with Crippen LogP contribution in [0, 0.1) is 17.0 Å². The van der Waals surface area contributed by atoms with Crippen LogP contribution in [0.4, 0.5) is 22.7 Å². The second-order valence-corrected chi connectivity index (χ2v) is 15.8. The number of hydrogen-bond acceptors (Lipinski definition) is 10. The van der Waals surface area contributed by atoms with E-state index >= 15 is 0 Å². The summed E-state index contributed by atoms with van der Waals surface area (Å²) in [5, 5.41) is 15.9. The summed E-state index contributed by atoms with van der Waals surface area (Å²) >= 11 is 6.00. The van der Waals surface area contributed by atoms with E-state index in [1.54, 1.807) is 66.6 Å². The Morgan fingerprint density at radius 2 is 1.58 bits per heavy atom. The van der Waals surface area contributed by atoms with Gasteiger partial charge in [-0.3, -0.25) is 14.9 Å². The lowest BCUT2D eigenvalue weighted by Gasteiger charge is -2.38. The van der Waals surface area contributed by atoms with Crippen LogP contribution in [0.1, 0.15) is 31.8 Å². The second kappa shape index (κ2) is 14.7. The first-order valence-corrected chi connectivity index (χ1v) is 19.5. The van der Waals surface area contributed by atoms with Gasteiger partial charge in [0.15, 0.2) is 0 Å². The molecular weight excluding hydrogens is 765 g/mol. The third-order valence-corrected chi connectivity index (χ3v) is 12.6. The smallest absolute Gasteiger partial charge is 0.348 e. The lowest BCUT2D eigenvalue weighted by molar-refractivity contribution is -0.384. The van der Waals surface area contributed by atoms with Crippen molar-refractivity contribution in [1.29, 1.82) is 0 Å². The van der Waals surface area contributed by atoms with Crippen molar-refractivity contribution >= 4 is 83.3 Å². The molecule has 1 fully saturated rings. The average molecular weight is 796 g/mol. The van der Waals surface area contributed by atoms with Gasteiger partial charge in [-0.05, 0) is 94.1 Å². The Morgan fingerprint density at radius 3 is 2.26 bits per heavy atom. The van der Waals surface area contributed by atoms with E-state index < -0.39 is 26.6 Å². The molecule has 0 atom stereocenters. The van der Waals surface area contributed by atoms with Gasteiger partial charge >= 0.3 is 5.97 Å². The molecule has 0 radical (unpaired) electrons. The minimum atomic E-state index is -4.54. The van der Waals surface area contributed by atoms with E-state index in [1.807, 2.05) is 16.3 Å². The van der Waals surface area contributed by atoms with Crippen molar-refractivity contribution in [2.45, 2.75) is 18.7 Å². The summed E-state index contributed by atoms with van der Waals surface area (Å²) in [7, 11) is -4.54. The van der Waals surface area contributed by atoms with E-state index in [-0.39, 0.29) is 28.8 Å². The number of thiophene rings is 2. The summed E-state index contributed by atoms with van der Waals surface area (Å²) in [5.41, 5.74) is 1.85. The number of hydrogen-bond donors (Lipinski definition) is 0. The number of benzene rings is 3. The summed E-state index contributed by atoms with van der Waals surface area (Å²) < 4.78 is 37.0. The number of halogens is 1. The Hall–Kier alpha value is -4.57. The highest BCUT2D eigenvalue weighted by atomic mass is 79.9. The van der Waals surface area contributed by atoms with Crippen molar-refractivity contribution in [3.8, 4) is 11.1 Å². The number of nitrogens with zero attached hydrogens (tertiary/aromatic N) is 4. The molecule has 15 heteroatoms. The first-order chi connectivity index (χ1) is 24.0. The number of piperazine rings is 1. The molecule has 258 valence electrons. The molecule has 0 saturated carbocycles. The van der Waals surface area contributed by atoms with Crippen molar-refractivity contribution in [3.63, 3.8) is 0 Å². The molecule has 1 amide bonds. The van der Waals surface area contributed by atoms with Gasteiger partial charge in [-0.2, -0.15) is 0 Å². The Bertz CT molecular complexity index is 2190.